The molecule has 0 saturated carbocycles. The third-order valence-corrected chi connectivity index (χ3v) is 3.49. The monoisotopic (exact) mass is 270 g/mol. The van der Waals surface area contributed by atoms with Gasteiger partial charge in [-0.1, -0.05) is 0 Å². The molecule has 5 heteroatoms. The number of rotatable bonds is 3. The lowest BCUT2D eigenvalue weighted by molar-refractivity contribution is 0.0991. The molecular formula is C9H7BrN2OS. The smallest absolute Gasteiger partial charge is 0.172 e. The Morgan fingerprint density at radius 3 is 3.07 bits per heavy atom. The summed E-state index contributed by atoms with van der Waals surface area (Å²) in [4.78, 5) is 18.6. The van der Waals surface area contributed by atoms with Crippen molar-refractivity contribution in [3.8, 4) is 0 Å². The van der Waals surface area contributed by atoms with Crippen LogP contribution in [0.3, 0.4) is 0 Å². The Morgan fingerprint density at radius 1 is 1.64 bits per heavy atom. The number of carbonyl (C=O) groups is 1. The van der Waals surface area contributed by atoms with Crippen molar-refractivity contribution in [3.05, 3.63) is 39.0 Å². The molecule has 0 bridgehead atoms. The second-order valence-electron chi connectivity index (χ2n) is 2.74. The molecule has 0 aliphatic rings. The number of aromatic nitrogens is 2. The van der Waals surface area contributed by atoms with Crippen molar-refractivity contribution in [2.75, 3.05) is 0 Å². The number of thiophene rings is 1. The molecule has 0 radical (unpaired) electrons. The van der Waals surface area contributed by atoms with Crippen molar-refractivity contribution >= 4 is 33.0 Å². The van der Waals surface area contributed by atoms with Gasteiger partial charge in [0.1, 0.15) is 5.82 Å². The quantitative estimate of drug-likeness (QED) is 0.872. The number of H-pyrrole nitrogens is 1. The fraction of sp³-hybridized carbons (Fsp3) is 0.111. The van der Waals surface area contributed by atoms with E-state index in [1.165, 1.54) is 11.3 Å². The van der Waals surface area contributed by atoms with E-state index in [0.717, 1.165) is 9.35 Å². The van der Waals surface area contributed by atoms with E-state index < -0.39 is 0 Å². The summed E-state index contributed by atoms with van der Waals surface area (Å²) in [7, 11) is 0. The molecule has 2 aromatic heterocycles. The molecule has 2 rings (SSSR count). The molecule has 0 spiro atoms. The minimum absolute atomic E-state index is 0.0769. The summed E-state index contributed by atoms with van der Waals surface area (Å²) in [6.45, 7) is 0. The van der Waals surface area contributed by atoms with Gasteiger partial charge in [-0.3, -0.25) is 4.79 Å². The Morgan fingerprint density at radius 2 is 2.50 bits per heavy atom. The molecule has 3 nitrogen and oxygen atoms in total. The molecule has 72 valence electrons. The van der Waals surface area contributed by atoms with Gasteiger partial charge in [0.25, 0.3) is 0 Å². The number of nitrogens with zero attached hydrogens (tertiary/aromatic N) is 1. The third kappa shape index (κ3) is 1.93. The maximum Gasteiger partial charge on any atom is 0.172 e. The van der Waals surface area contributed by atoms with Gasteiger partial charge in [-0.25, -0.2) is 4.98 Å². The van der Waals surface area contributed by atoms with E-state index in [-0.39, 0.29) is 5.78 Å². The Kier molecular flexibility index (Phi) is 2.79. The summed E-state index contributed by atoms with van der Waals surface area (Å²) >= 11 is 4.85. The molecule has 0 atom stereocenters. The van der Waals surface area contributed by atoms with Crippen LogP contribution in [0.25, 0.3) is 0 Å². The van der Waals surface area contributed by atoms with E-state index in [4.69, 9.17) is 0 Å². The molecule has 2 aromatic rings. The second-order valence-corrected chi connectivity index (χ2v) is 4.98. The molecule has 14 heavy (non-hydrogen) atoms. The minimum Gasteiger partial charge on any atom is -0.348 e. The van der Waals surface area contributed by atoms with E-state index in [9.17, 15) is 4.79 Å². The van der Waals surface area contributed by atoms with Crippen LogP contribution in [0.15, 0.2) is 27.6 Å². The van der Waals surface area contributed by atoms with Gasteiger partial charge in [0.2, 0.25) is 0 Å². The lowest BCUT2D eigenvalue weighted by Gasteiger charge is -1.95. The van der Waals surface area contributed by atoms with Gasteiger partial charge >= 0.3 is 0 Å². The largest absolute Gasteiger partial charge is 0.348 e. The molecule has 0 fully saturated rings. The van der Waals surface area contributed by atoms with Crippen LogP contribution in [0, 0.1) is 0 Å². The number of hydrogen-bond donors (Lipinski definition) is 1. The Bertz CT molecular complexity index is 435. The average Bonchev–Trinajstić information content (AvgIpc) is 2.75. The Labute approximate surface area is 93.3 Å². The summed E-state index contributed by atoms with van der Waals surface area (Å²) < 4.78 is 0.883. The summed E-state index contributed by atoms with van der Waals surface area (Å²) in [5.74, 6) is 0.779. The van der Waals surface area contributed by atoms with Gasteiger partial charge in [0, 0.05) is 18.0 Å². The van der Waals surface area contributed by atoms with Crippen molar-refractivity contribution in [2.45, 2.75) is 6.42 Å². The van der Waals surface area contributed by atoms with Crippen LogP contribution in [0.5, 0.6) is 0 Å². The molecule has 0 saturated heterocycles. The molecule has 0 aliphatic heterocycles. The fourth-order valence-electron chi connectivity index (χ4n) is 1.14. The lowest BCUT2D eigenvalue weighted by Crippen LogP contribution is -2.04. The minimum atomic E-state index is 0.0769. The standard InChI is InChI=1S/C9H7BrN2OS/c10-9-6(1-4-14-9)7(13)5-8-11-2-3-12-8/h1-4H,5H2,(H,11,12). The van der Waals surface area contributed by atoms with Crippen LogP contribution in [0.2, 0.25) is 0 Å². The van der Waals surface area contributed by atoms with E-state index in [0.29, 0.717) is 12.2 Å². The molecule has 0 unspecified atom stereocenters. The topological polar surface area (TPSA) is 45.8 Å². The predicted molar refractivity (Wildman–Crippen MR) is 58.6 cm³/mol. The maximum atomic E-state index is 11.7. The van der Waals surface area contributed by atoms with Crippen LogP contribution >= 0.6 is 27.3 Å². The highest BCUT2D eigenvalue weighted by Gasteiger charge is 2.12. The average molecular weight is 271 g/mol. The van der Waals surface area contributed by atoms with Crippen molar-refractivity contribution in [1.29, 1.82) is 0 Å². The first-order valence-electron chi connectivity index (χ1n) is 4.02. The molecule has 0 aromatic carbocycles. The first kappa shape index (κ1) is 9.61. The van der Waals surface area contributed by atoms with Crippen LogP contribution < -0.4 is 0 Å². The highest BCUT2D eigenvalue weighted by atomic mass is 79.9. The molecule has 0 amide bonds. The van der Waals surface area contributed by atoms with Gasteiger partial charge in [-0.05, 0) is 27.4 Å². The van der Waals surface area contributed by atoms with E-state index in [2.05, 4.69) is 25.9 Å². The third-order valence-electron chi connectivity index (χ3n) is 1.80. The van der Waals surface area contributed by atoms with Gasteiger partial charge < -0.3 is 4.98 Å². The van der Waals surface area contributed by atoms with Crippen LogP contribution in [-0.4, -0.2) is 15.8 Å². The van der Waals surface area contributed by atoms with Gasteiger partial charge in [-0.2, -0.15) is 0 Å². The first-order valence-corrected chi connectivity index (χ1v) is 5.69. The van der Waals surface area contributed by atoms with E-state index >= 15 is 0 Å². The zero-order valence-electron chi connectivity index (χ0n) is 7.16. The summed E-state index contributed by atoms with van der Waals surface area (Å²) in [6.07, 6.45) is 3.68. The molecule has 0 aliphatic carbocycles. The summed E-state index contributed by atoms with van der Waals surface area (Å²) in [5, 5.41) is 1.89. The second kappa shape index (κ2) is 4.06. The Hall–Kier alpha value is -0.940. The highest BCUT2D eigenvalue weighted by Crippen LogP contribution is 2.24. The lowest BCUT2D eigenvalue weighted by atomic mass is 10.1. The predicted octanol–water partition coefficient (Wildman–Crippen LogP) is 2.66. The number of Topliss-reactive ketones (excluding diaryl/α,β-unsaturated/α-hetero) is 1. The number of carbonyl (C=O) groups excluding carboxylic acids is 1. The van der Waals surface area contributed by atoms with Crippen LogP contribution in [-0.2, 0) is 6.42 Å². The van der Waals surface area contributed by atoms with Crippen LogP contribution in [0.1, 0.15) is 16.2 Å². The zero-order valence-corrected chi connectivity index (χ0v) is 9.56. The molecule has 2 heterocycles. The van der Waals surface area contributed by atoms with Gasteiger partial charge in [0.15, 0.2) is 5.78 Å². The van der Waals surface area contributed by atoms with Crippen molar-refractivity contribution in [1.82, 2.24) is 9.97 Å². The summed E-state index contributed by atoms with van der Waals surface area (Å²) in [6, 6.07) is 1.82. The normalized spacial score (nSPS) is 10.4. The number of imidazole rings is 1. The number of nitrogens with one attached hydrogen (secondary N) is 1. The fourth-order valence-corrected chi connectivity index (χ4v) is 2.44. The zero-order chi connectivity index (χ0) is 9.97. The molecular weight excluding hydrogens is 264 g/mol. The van der Waals surface area contributed by atoms with Gasteiger partial charge in [0.05, 0.1) is 10.2 Å². The molecule has 1 N–H and O–H groups in total. The van der Waals surface area contributed by atoms with Crippen molar-refractivity contribution in [2.24, 2.45) is 0 Å². The van der Waals surface area contributed by atoms with Crippen molar-refractivity contribution < 1.29 is 4.79 Å². The SMILES string of the molecule is O=C(Cc1ncc[nH]1)c1ccsc1Br. The highest BCUT2D eigenvalue weighted by molar-refractivity contribution is 9.11. The number of aromatic amines is 1. The first-order chi connectivity index (χ1) is 6.77. The Balaban J connectivity index is 2.14. The van der Waals surface area contributed by atoms with Crippen molar-refractivity contribution in [3.63, 3.8) is 0 Å². The number of halogens is 1. The van der Waals surface area contributed by atoms with Crippen LogP contribution in [0.4, 0.5) is 0 Å². The van der Waals surface area contributed by atoms with Gasteiger partial charge in [-0.15, -0.1) is 11.3 Å². The summed E-state index contributed by atoms with van der Waals surface area (Å²) in [5.41, 5.74) is 0.728. The maximum absolute atomic E-state index is 11.7. The van der Waals surface area contributed by atoms with E-state index in [1.807, 2.05) is 11.4 Å². The number of ketones is 1. The van der Waals surface area contributed by atoms with E-state index in [1.54, 1.807) is 12.4 Å². The number of hydrogen-bond acceptors (Lipinski definition) is 3.